The summed E-state index contributed by atoms with van der Waals surface area (Å²) < 4.78 is 16.1. The van der Waals surface area contributed by atoms with Crippen molar-refractivity contribution in [2.24, 2.45) is 5.92 Å². The van der Waals surface area contributed by atoms with Gasteiger partial charge < -0.3 is 19.2 Å². The summed E-state index contributed by atoms with van der Waals surface area (Å²) in [4.78, 5) is 53.5. The molecule has 10 nitrogen and oxygen atoms in total. The first-order valence-corrected chi connectivity index (χ1v) is 9.27. The normalized spacial score (nSPS) is 13.0. The molecular weight excluding hydrogens is 382 g/mol. The number of carbonyl (C=O) groups excluding carboxylic acids is 3. The van der Waals surface area contributed by atoms with E-state index in [-0.39, 0.29) is 34.9 Å². The van der Waals surface area contributed by atoms with E-state index in [1.807, 2.05) is 13.8 Å². The molecule has 0 saturated carbocycles. The summed E-state index contributed by atoms with van der Waals surface area (Å²) in [6.45, 7) is 6.60. The van der Waals surface area contributed by atoms with E-state index >= 15 is 0 Å². The predicted molar refractivity (Wildman–Crippen MR) is 102 cm³/mol. The Morgan fingerprint density at radius 1 is 1.31 bits per heavy atom. The Labute approximate surface area is 167 Å². The lowest BCUT2D eigenvalue weighted by molar-refractivity contribution is -0.146. The molecule has 158 valence electrons. The van der Waals surface area contributed by atoms with Crippen LogP contribution in [0.15, 0.2) is 15.5 Å². The number of methoxy groups -OCH3 is 1. The van der Waals surface area contributed by atoms with Crippen LogP contribution >= 0.6 is 0 Å². The van der Waals surface area contributed by atoms with E-state index in [2.05, 4.69) is 10.3 Å². The van der Waals surface area contributed by atoms with Crippen LogP contribution in [0.4, 0.5) is 0 Å². The Morgan fingerprint density at radius 2 is 2.00 bits per heavy atom. The van der Waals surface area contributed by atoms with Gasteiger partial charge in [0.1, 0.15) is 35.6 Å². The summed E-state index contributed by atoms with van der Waals surface area (Å²) in [5, 5.41) is 2.54. The summed E-state index contributed by atoms with van der Waals surface area (Å²) in [6.07, 6.45) is 1.79. The zero-order valence-electron chi connectivity index (χ0n) is 17.1. The summed E-state index contributed by atoms with van der Waals surface area (Å²) in [6, 6.07) is -0.837. The van der Waals surface area contributed by atoms with Crippen molar-refractivity contribution in [1.82, 2.24) is 14.9 Å². The first kappa shape index (κ1) is 22.1. The topological polar surface area (TPSA) is 130 Å². The van der Waals surface area contributed by atoms with E-state index in [1.54, 1.807) is 6.92 Å². The highest BCUT2D eigenvalue weighted by Crippen LogP contribution is 2.21. The first-order valence-electron chi connectivity index (χ1n) is 9.27. The van der Waals surface area contributed by atoms with Crippen molar-refractivity contribution in [1.29, 1.82) is 0 Å². The monoisotopic (exact) mass is 407 g/mol. The molecule has 1 amide bonds. The number of fused-ring (bicyclic) bond motifs is 1. The molecular formula is C19H25N3O7. The standard InChI is InChI=1S/C19H25N3O7/c1-6-10(3)15(19(26)27-5)21-12(23)8-22-9-20-16-14(17(22)24)13(11(4)29-16)18(25)28-7-2/h9-10,15H,6-8H2,1-5H3,(H,21,23)/t10-,15+/m1/s1. The van der Waals surface area contributed by atoms with Gasteiger partial charge in [0.15, 0.2) is 0 Å². The van der Waals surface area contributed by atoms with Crippen LogP contribution < -0.4 is 10.9 Å². The number of ether oxygens (including phenoxy) is 2. The van der Waals surface area contributed by atoms with Gasteiger partial charge in [-0.25, -0.2) is 14.6 Å². The Balaban J connectivity index is 2.34. The van der Waals surface area contributed by atoms with E-state index < -0.39 is 36.0 Å². The highest BCUT2D eigenvalue weighted by Gasteiger charge is 2.28. The van der Waals surface area contributed by atoms with E-state index in [0.717, 1.165) is 10.9 Å². The van der Waals surface area contributed by atoms with Gasteiger partial charge in [0.2, 0.25) is 11.6 Å². The van der Waals surface area contributed by atoms with E-state index in [1.165, 1.54) is 14.0 Å². The molecule has 1 N–H and O–H groups in total. The smallest absolute Gasteiger partial charge is 0.342 e. The fourth-order valence-electron chi connectivity index (χ4n) is 2.87. The van der Waals surface area contributed by atoms with Crippen LogP contribution in [0.2, 0.25) is 0 Å². The number of hydrogen-bond donors (Lipinski definition) is 1. The molecule has 0 aliphatic heterocycles. The second-order valence-corrected chi connectivity index (χ2v) is 6.57. The molecule has 2 aromatic heterocycles. The van der Waals surface area contributed by atoms with Crippen molar-refractivity contribution in [3.05, 3.63) is 28.0 Å². The Bertz CT molecular complexity index is 976. The maximum absolute atomic E-state index is 12.9. The number of carbonyl (C=O) groups is 3. The van der Waals surface area contributed by atoms with Gasteiger partial charge in [0, 0.05) is 0 Å². The molecule has 0 aromatic carbocycles. The van der Waals surface area contributed by atoms with Crippen LogP contribution in [-0.2, 0) is 25.6 Å². The lowest BCUT2D eigenvalue weighted by Gasteiger charge is -2.21. The van der Waals surface area contributed by atoms with Crippen LogP contribution in [-0.4, -0.2) is 47.2 Å². The molecule has 0 aliphatic carbocycles. The molecule has 2 heterocycles. The molecule has 10 heteroatoms. The van der Waals surface area contributed by atoms with Crippen LogP contribution in [0, 0.1) is 12.8 Å². The molecule has 2 atom stereocenters. The molecule has 0 spiro atoms. The third-order valence-electron chi connectivity index (χ3n) is 4.63. The van der Waals surface area contributed by atoms with Crippen LogP contribution in [0.5, 0.6) is 0 Å². The SMILES string of the molecule is CCOC(=O)c1c(C)oc2ncn(CC(=O)N[C@H](C(=O)OC)[C@H](C)CC)c(=O)c12. The number of aromatic nitrogens is 2. The third-order valence-corrected chi connectivity index (χ3v) is 4.63. The summed E-state index contributed by atoms with van der Waals surface area (Å²) >= 11 is 0. The Hall–Kier alpha value is -3.17. The van der Waals surface area contributed by atoms with Gasteiger partial charge in [-0.1, -0.05) is 20.3 Å². The predicted octanol–water partition coefficient (Wildman–Crippen LogP) is 1.18. The van der Waals surface area contributed by atoms with Gasteiger partial charge in [-0.05, 0) is 19.8 Å². The number of esters is 2. The van der Waals surface area contributed by atoms with Gasteiger partial charge in [-0.2, -0.15) is 0 Å². The van der Waals surface area contributed by atoms with Crippen molar-refractivity contribution in [2.45, 2.75) is 46.7 Å². The van der Waals surface area contributed by atoms with E-state index in [0.29, 0.717) is 6.42 Å². The first-order chi connectivity index (χ1) is 13.7. The minimum atomic E-state index is -0.837. The molecule has 0 saturated heterocycles. The zero-order chi connectivity index (χ0) is 21.7. The number of rotatable bonds is 8. The second-order valence-electron chi connectivity index (χ2n) is 6.57. The van der Waals surface area contributed by atoms with Crippen LogP contribution in [0.3, 0.4) is 0 Å². The van der Waals surface area contributed by atoms with Gasteiger partial charge in [-0.3, -0.25) is 14.2 Å². The minimum Gasteiger partial charge on any atom is -0.467 e. The number of furan rings is 1. The zero-order valence-corrected chi connectivity index (χ0v) is 17.1. The molecule has 2 aromatic rings. The lowest BCUT2D eigenvalue weighted by Crippen LogP contribution is -2.47. The van der Waals surface area contributed by atoms with Gasteiger partial charge in [-0.15, -0.1) is 0 Å². The highest BCUT2D eigenvalue weighted by atomic mass is 16.5. The largest absolute Gasteiger partial charge is 0.467 e. The number of aryl methyl sites for hydroxylation is 1. The molecule has 0 fully saturated rings. The minimum absolute atomic E-state index is 0.0128. The van der Waals surface area contributed by atoms with Crippen molar-refractivity contribution >= 4 is 28.9 Å². The molecule has 0 bridgehead atoms. The van der Waals surface area contributed by atoms with Crippen LogP contribution in [0.1, 0.15) is 43.3 Å². The molecule has 0 aliphatic rings. The third kappa shape index (κ3) is 4.64. The van der Waals surface area contributed by atoms with Crippen molar-refractivity contribution in [3.63, 3.8) is 0 Å². The van der Waals surface area contributed by atoms with Crippen molar-refractivity contribution in [3.8, 4) is 0 Å². The van der Waals surface area contributed by atoms with Crippen molar-refractivity contribution < 1.29 is 28.3 Å². The Kier molecular flexibility index (Phi) is 7.13. The highest BCUT2D eigenvalue weighted by molar-refractivity contribution is 6.03. The number of nitrogens with zero attached hydrogens (tertiary/aromatic N) is 2. The molecule has 29 heavy (non-hydrogen) atoms. The Morgan fingerprint density at radius 3 is 2.59 bits per heavy atom. The molecule has 0 unspecified atom stereocenters. The maximum Gasteiger partial charge on any atom is 0.342 e. The number of nitrogens with one attached hydrogen (secondary N) is 1. The second kappa shape index (κ2) is 9.35. The fraction of sp³-hybridized carbons (Fsp3) is 0.526. The summed E-state index contributed by atoms with van der Waals surface area (Å²) in [5.74, 6) is -1.79. The average molecular weight is 407 g/mol. The number of amides is 1. The molecule has 2 rings (SSSR count). The van der Waals surface area contributed by atoms with Gasteiger partial charge >= 0.3 is 11.9 Å². The molecule has 0 radical (unpaired) electrons. The lowest BCUT2D eigenvalue weighted by atomic mass is 9.99. The van der Waals surface area contributed by atoms with Crippen LogP contribution in [0.25, 0.3) is 11.1 Å². The van der Waals surface area contributed by atoms with E-state index in [4.69, 9.17) is 13.9 Å². The number of hydrogen-bond acceptors (Lipinski definition) is 8. The van der Waals surface area contributed by atoms with Crippen molar-refractivity contribution in [2.75, 3.05) is 13.7 Å². The van der Waals surface area contributed by atoms with E-state index in [9.17, 15) is 19.2 Å². The fourth-order valence-corrected chi connectivity index (χ4v) is 2.87. The summed E-state index contributed by atoms with van der Waals surface area (Å²) in [5.41, 5.74) is -0.649. The quantitative estimate of drug-likeness (QED) is 0.646. The van der Waals surface area contributed by atoms with Gasteiger partial charge in [0.25, 0.3) is 5.56 Å². The average Bonchev–Trinajstić information content (AvgIpc) is 3.04. The van der Waals surface area contributed by atoms with Gasteiger partial charge in [0.05, 0.1) is 13.7 Å². The summed E-state index contributed by atoms with van der Waals surface area (Å²) in [7, 11) is 1.24. The maximum atomic E-state index is 12.9.